The number of amidine groups is 1. The molecule has 5 rings (SSSR count). The number of fused-ring (bicyclic) bond motifs is 2. The molecular weight excluding hydrogens is 447 g/mol. The van der Waals surface area contributed by atoms with Crippen LogP contribution in [-0.4, -0.2) is 27.0 Å². The number of hydrogen-bond acceptors (Lipinski definition) is 4. The van der Waals surface area contributed by atoms with Gasteiger partial charge in [-0.1, -0.05) is 54.6 Å². The number of carbonyl (C=O) groups excluding carboxylic acids is 1. The topological polar surface area (TPSA) is 35.9 Å². The zero-order chi connectivity index (χ0) is 23.0. The maximum atomic E-state index is 13.2. The number of rotatable bonds is 4. The van der Waals surface area contributed by atoms with Crippen LogP contribution >= 0.6 is 11.8 Å². The number of halogens is 3. The predicted octanol–water partition coefficient (Wildman–Crippen LogP) is 6.06. The van der Waals surface area contributed by atoms with Gasteiger partial charge in [0.25, 0.3) is 0 Å². The first-order chi connectivity index (χ1) is 15.9. The molecule has 1 fully saturated rings. The number of hydrazine groups is 1. The third kappa shape index (κ3) is 4.48. The molecule has 2 heterocycles. The van der Waals surface area contributed by atoms with Crippen LogP contribution in [0.3, 0.4) is 0 Å². The van der Waals surface area contributed by atoms with Crippen LogP contribution in [0.1, 0.15) is 23.1 Å². The molecule has 1 atom stereocenters. The van der Waals surface area contributed by atoms with Crippen molar-refractivity contribution in [2.24, 2.45) is 4.99 Å². The Morgan fingerprint density at radius 3 is 2.36 bits per heavy atom. The summed E-state index contributed by atoms with van der Waals surface area (Å²) >= 11 is 1.60. The van der Waals surface area contributed by atoms with Crippen LogP contribution in [0.5, 0.6) is 0 Å². The van der Waals surface area contributed by atoms with E-state index < -0.39 is 11.7 Å². The van der Waals surface area contributed by atoms with E-state index in [1.807, 2.05) is 59.6 Å². The van der Waals surface area contributed by atoms with Gasteiger partial charge in [-0.3, -0.25) is 9.80 Å². The smallest absolute Gasteiger partial charge is 0.273 e. The number of alkyl halides is 3. The Morgan fingerprint density at radius 1 is 0.879 bits per heavy atom. The molecule has 0 bridgehead atoms. The van der Waals surface area contributed by atoms with E-state index in [1.54, 1.807) is 17.8 Å². The fourth-order valence-electron chi connectivity index (χ4n) is 4.04. The summed E-state index contributed by atoms with van der Waals surface area (Å²) in [5, 5.41) is 3.22. The van der Waals surface area contributed by atoms with Gasteiger partial charge in [0.05, 0.1) is 29.6 Å². The van der Waals surface area contributed by atoms with E-state index in [4.69, 9.17) is 4.99 Å². The first kappa shape index (κ1) is 21.6. The number of amides is 1. The van der Waals surface area contributed by atoms with Crippen molar-refractivity contribution in [2.45, 2.75) is 35.8 Å². The summed E-state index contributed by atoms with van der Waals surface area (Å²) in [6.07, 6.45) is -4.20. The fraction of sp³-hybridized carbons (Fsp3) is 0.200. The van der Waals surface area contributed by atoms with Gasteiger partial charge < -0.3 is 0 Å². The van der Waals surface area contributed by atoms with E-state index >= 15 is 0 Å². The molecule has 0 aromatic heterocycles. The number of thioether (sulfide) groups is 1. The lowest BCUT2D eigenvalue weighted by atomic mass is 10.1. The fourth-order valence-corrected chi connectivity index (χ4v) is 5.25. The maximum absolute atomic E-state index is 13.2. The van der Waals surface area contributed by atoms with Crippen molar-refractivity contribution >= 4 is 29.2 Å². The van der Waals surface area contributed by atoms with Gasteiger partial charge in [0.1, 0.15) is 5.84 Å². The van der Waals surface area contributed by atoms with Crippen molar-refractivity contribution in [3.05, 3.63) is 95.6 Å². The molecule has 0 unspecified atom stereocenters. The van der Waals surface area contributed by atoms with Crippen molar-refractivity contribution in [3.63, 3.8) is 0 Å². The van der Waals surface area contributed by atoms with E-state index in [0.717, 1.165) is 34.1 Å². The van der Waals surface area contributed by atoms with Gasteiger partial charge in [-0.15, -0.1) is 11.8 Å². The lowest BCUT2D eigenvalue weighted by molar-refractivity contribution is -0.147. The molecule has 33 heavy (non-hydrogen) atoms. The molecule has 3 aromatic carbocycles. The normalized spacial score (nSPS) is 18.0. The maximum Gasteiger partial charge on any atom is 0.416 e. The number of aliphatic imine (C=N–C) groups is 1. The second-order valence-corrected chi connectivity index (χ2v) is 9.19. The standard InChI is InChI=1S/C25H20F3N3OS/c26-25(27,28)19-10-6-9-18(13-19)16-30-23(32)14-22-24(29-20-11-4-5-12-21(20)33-22)31(30)15-17-7-2-1-3-8-17/h1-13,22H,14-16H2/t22-/m1/s1. The van der Waals surface area contributed by atoms with Crippen molar-refractivity contribution in [1.29, 1.82) is 0 Å². The monoisotopic (exact) mass is 467 g/mol. The highest BCUT2D eigenvalue weighted by Gasteiger charge is 2.40. The molecule has 168 valence electrons. The lowest BCUT2D eigenvalue weighted by Gasteiger charge is -2.45. The Bertz CT molecular complexity index is 1210. The molecule has 4 nitrogen and oxygen atoms in total. The summed E-state index contributed by atoms with van der Waals surface area (Å²) in [6, 6.07) is 22.6. The summed E-state index contributed by atoms with van der Waals surface area (Å²) in [5.74, 6) is 0.605. The third-order valence-electron chi connectivity index (χ3n) is 5.62. The Morgan fingerprint density at radius 2 is 1.58 bits per heavy atom. The first-order valence-corrected chi connectivity index (χ1v) is 11.4. The second kappa shape index (κ2) is 8.59. The number of nitrogens with zero attached hydrogens (tertiary/aromatic N) is 3. The largest absolute Gasteiger partial charge is 0.416 e. The predicted molar refractivity (Wildman–Crippen MR) is 122 cm³/mol. The average molecular weight is 468 g/mol. The zero-order valence-corrected chi connectivity index (χ0v) is 18.3. The Kier molecular flexibility index (Phi) is 5.62. The quantitative estimate of drug-likeness (QED) is 0.468. The minimum absolute atomic E-state index is 0.0354. The van der Waals surface area contributed by atoms with Gasteiger partial charge in [0.15, 0.2) is 0 Å². The molecule has 2 aliphatic heterocycles. The van der Waals surface area contributed by atoms with Gasteiger partial charge in [-0.2, -0.15) is 13.2 Å². The highest BCUT2D eigenvalue weighted by atomic mass is 32.2. The third-order valence-corrected chi connectivity index (χ3v) is 6.88. The van der Waals surface area contributed by atoms with E-state index in [2.05, 4.69) is 0 Å². The van der Waals surface area contributed by atoms with Gasteiger partial charge in [0, 0.05) is 11.3 Å². The number of hydrogen-bond donors (Lipinski definition) is 0. The van der Waals surface area contributed by atoms with Crippen molar-refractivity contribution in [2.75, 3.05) is 0 Å². The van der Waals surface area contributed by atoms with Crippen LogP contribution in [0, 0.1) is 0 Å². The van der Waals surface area contributed by atoms with Crippen molar-refractivity contribution in [1.82, 2.24) is 10.0 Å². The van der Waals surface area contributed by atoms with E-state index in [9.17, 15) is 18.0 Å². The number of benzene rings is 3. The highest BCUT2D eigenvalue weighted by Crippen LogP contribution is 2.42. The summed E-state index contributed by atoms with van der Waals surface area (Å²) < 4.78 is 39.7. The van der Waals surface area contributed by atoms with Crippen molar-refractivity contribution < 1.29 is 18.0 Å². The molecule has 8 heteroatoms. The minimum atomic E-state index is -4.44. The molecule has 0 spiro atoms. The van der Waals surface area contributed by atoms with Crippen LogP contribution in [0.25, 0.3) is 0 Å². The Labute approximate surface area is 193 Å². The van der Waals surface area contributed by atoms with Gasteiger partial charge in [-0.25, -0.2) is 10.0 Å². The second-order valence-electron chi connectivity index (χ2n) is 7.94. The van der Waals surface area contributed by atoms with Crippen LogP contribution in [0.15, 0.2) is 88.8 Å². The van der Waals surface area contributed by atoms with Crippen LogP contribution in [-0.2, 0) is 24.1 Å². The Balaban J connectivity index is 1.53. The zero-order valence-electron chi connectivity index (χ0n) is 17.5. The number of carbonyl (C=O) groups is 1. The summed E-state index contributed by atoms with van der Waals surface area (Å²) in [6.45, 7) is 0.428. The molecule has 2 aliphatic rings. The molecule has 0 aliphatic carbocycles. The highest BCUT2D eigenvalue weighted by molar-refractivity contribution is 8.01. The first-order valence-electron chi connectivity index (χ1n) is 10.5. The molecular formula is C25H20F3N3OS. The van der Waals surface area contributed by atoms with Crippen LogP contribution in [0.2, 0.25) is 0 Å². The van der Waals surface area contributed by atoms with Gasteiger partial charge in [0.2, 0.25) is 5.91 Å². The molecule has 0 saturated carbocycles. The van der Waals surface area contributed by atoms with E-state index in [-0.39, 0.29) is 24.1 Å². The van der Waals surface area contributed by atoms with Crippen LogP contribution in [0.4, 0.5) is 18.9 Å². The molecule has 1 amide bonds. The molecule has 0 radical (unpaired) electrons. The molecule has 1 saturated heterocycles. The SMILES string of the molecule is O=C1C[C@H]2Sc3ccccc3N=C2N(Cc2ccccc2)N1Cc1cccc(C(F)(F)F)c1. The van der Waals surface area contributed by atoms with E-state index in [0.29, 0.717) is 12.1 Å². The summed E-state index contributed by atoms with van der Waals surface area (Å²) in [5.41, 5.74) is 1.50. The Hall–Kier alpha value is -3.26. The summed E-state index contributed by atoms with van der Waals surface area (Å²) in [4.78, 5) is 19.1. The minimum Gasteiger partial charge on any atom is -0.273 e. The van der Waals surface area contributed by atoms with Gasteiger partial charge >= 0.3 is 6.18 Å². The molecule has 3 aromatic rings. The molecule has 0 N–H and O–H groups in total. The van der Waals surface area contributed by atoms with Crippen molar-refractivity contribution in [3.8, 4) is 0 Å². The van der Waals surface area contributed by atoms with Gasteiger partial charge in [-0.05, 0) is 35.4 Å². The average Bonchev–Trinajstić information content (AvgIpc) is 2.80. The lowest BCUT2D eigenvalue weighted by Crippen LogP contribution is -2.57. The van der Waals surface area contributed by atoms with E-state index in [1.165, 1.54) is 11.1 Å². The summed E-state index contributed by atoms with van der Waals surface area (Å²) in [7, 11) is 0. The van der Waals surface area contributed by atoms with Crippen LogP contribution < -0.4 is 0 Å². The number of para-hydroxylation sites is 1.